The van der Waals surface area contributed by atoms with Crippen LogP contribution in [0.4, 0.5) is 18.0 Å². The average Bonchev–Trinajstić information content (AvgIpc) is 2.84. The normalized spacial score (nSPS) is 28.6. The SMILES string of the molecule is CC1CCCC(C)C12NC(=O)N(Cc1cccc(OCC(F)(F)F)c1)C2=O. The van der Waals surface area contributed by atoms with E-state index in [4.69, 9.17) is 4.74 Å². The number of halogens is 3. The van der Waals surface area contributed by atoms with Crippen molar-refractivity contribution >= 4 is 11.9 Å². The zero-order valence-electron chi connectivity index (χ0n) is 15.3. The lowest BCUT2D eigenvalue weighted by molar-refractivity contribution is -0.153. The molecule has 1 aromatic rings. The first-order valence-corrected chi connectivity index (χ1v) is 9.06. The summed E-state index contributed by atoms with van der Waals surface area (Å²) in [6.07, 6.45) is -1.68. The van der Waals surface area contributed by atoms with Crippen molar-refractivity contribution in [3.8, 4) is 5.75 Å². The maximum Gasteiger partial charge on any atom is 0.422 e. The minimum absolute atomic E-state index is 0.00489. The summed E-state index contributed by atoms with van der Waals surface area (Å²) in [5, 5.41) is 2.91. The van der Waals surface area contributed by atoms with E-state index in [1.54, 1.807) is 12.1 Å². The summed E-state index contributed by atoms with van der Waals surface area (Å²) in [6, 6.07) is 5.57. The summed E-state index contributed by atoms with van der Waals surface area (Å²) in [7, 11) is 0. The Morgan fingerprint density at radius 2 is 1.89 bits per heavy atom. The van der Waals surface area contributed by atoms with Gasteiger partial charge in [0.25, 0.3) is 5.91 Å². The monoisotopic (exact) mass is 384 g/mol. The van der Waals surface area contributed by atoms with Gasteiger partial charge in [0.1, 0.15) is 11.3 Å². The molecule has 1 heterocycles. The van der Waals surface area contributed by atoms with E-state index in [2.05, 4.69) is 5.32 Å². The van der Waals surface area contributed by atoms with Crippen LogP contribution >= 0.6 is 0 Å². The molecule has 5 nitrogen and oxygen atoms in total. The molecule has 0 bridgehead atoms. The number of hydrogen-bond acceptors (Lipinski definition) is 3. The Kier molecular flexibility index (Phi) is 5.10. The van der Waals surface area contributed by atoms with Crippen molar-refractivity contribution in [2.45, 2.75) is 51.4 Å². The van der Waals surface area contributed by atoms with Gasteiger partial charge in [-0.15, -0.1) is 0 Å². The second-order valence-corrected chi connectivity index (χ2v) is 7.47. The zero-order valence-corrected chi connectivity index (χ0v) is 15.3. The predicted octanol–water partition coefficient (Wildman–Crippen LogP) is 3.87. The van der Waals surface area contributed by atoms with Gasteiger partial charge in [0.15, 0.2) is 6.61 Å². The molecule has 1 saturated heterocycles. The Morgan fingerprint density at radius 3 is 2.52 bits per heavy atom. The summed E-state index contributed by atoms with van der Waals surface area (Å²) in [5.41, 5.74) is -0.356. The first-order valence-electron chi connectivity index (χ1n) is 9.06. The standard InChI is InChI=1S/C19H23F3N2O3/c1-12-5-3-6-13(2)19(12)16(25)24(17(26)23-19)10-14-7-4-8-15(9-14)27-11-18(20,21)22/h4,7-9,12-13H,3,5-6,10-11H2,1-2H3,(H,23,26). The molecule has 8 heteroatoms. The number of nitrogens with zero attached hydrogens (tertiary/aromatic N) is 1. The number of rotatable bonds is 4. The van der Waals surface area contributed by atoms with Crippen molar-refractivity contribution in [1.82, 2.24) is 10.2 Å². The lowest BCUT2D eigenvalue weighted by atomic mass is 9.67. The fourth-order valence-corrected chi connectivity index (χ4v) is 4.18. The molecule has 2 unspecified atom stereocenters. The van der Waals surface area contributed by atoms with Crippen LogP contribution in [0.3, 0.4) is 0 Å². The molecular weight excluding hydrogens is 361 g/mol. The molecule has 2 fully saturated rings. The fourth-order valence-electron chi connectivity index (χ4n) is 4.18. The number of hydrogen-bond donors (Lipinski definition) is 1. The molecule has 27 heavy (non-hydrogen) atoms. The Balaban J connectivity index is 1.76. The lowest BCUT2D eigenvalue weighted by Gasteiger charge is -2.42. The number of amides is 3. The highest BCUT2D eigenvalue weighted by Crippen LogP contribution is 2.42. The Hall–Kier alpha value is -2.25. The van der Waals surface area contributed by atoms with Gasteiger partial charge < -0.3 is 10.1 Å². The highest BCUT2D eigenvalue weighted by molar-refractivity contribution is 6.07. The van der Waals surface area contributed by atoms with Crippen molar-refractivity contribution in [2.24, 2.45) is 11.8 Å². The molecule has 2 atom stereocenters. The van der Waals surface area contributed by atoms with Crippen LogP contribution in [0, 0.1) is 11.8 Å². The van der Waals surface area contributed by atoms with Gasteiger partial charge in [0, 0.05) is 0 Å². The maximum absolute atomic E-state index is 13.1. The maximum atomic E-state index is 13.1. The smallest absolute Gasteiger partial charge is 0.422 e. The van der Waals surface area contributed by atoms with Crippen molar-refractivity contribution < 1.29 is 27.5 Å². The van der Waals surface area contributed by atoms with E-state index >= 15 is 0 Å². The molecule has 1 spiro atoms. The highest BCUT2D eigenvalue weighted by atomic mass is 19.4. The van der Waals surface area contributed by atoms with Crippen LogP contribution in [0.15, 0.2) is 24.3 Å². The number of ether oxygens (including phenoxy) is 1. The number of carbonyl (C=O) groups is 2. The van der Waals surface area contributed by atoms with E-state index in [0.717, 1.165) is 24.2 Å². The topological polar surface area (TPSA) is 58.6 Å². The molecule has 1 aliphatic carbocycles. The Bertz CT molecular complexity index is 725. The van der Waals surface area contributed by atoms with Gasteiger partial charge in [0.2, 0.25) is 0 Å². The molecule has 1 N–H and O–H groups in total. The van der Waals surface area contributed by atoms with E-state index in [-0.39, 0.29) is 30.0 Å². The van der Waals surface area contributed by atoms with Crippen LogP contribution in [0.2, 0.25) is 0 Å². The summed E-state index contributed by atoms with van der Waals surface area (Å²) in [4.78, 5) is 26.8. The van der Waals surface area contributed by atoms with Crippen LogP contribution in [0.25, 0.3) is 0 Å². The molecule has 2 aliphatic rings. The van der Waals surface area contributed by atoms with E-state index in [1.165, 1.54) is 12.1 Å². The second-order valence-electron chi connectivity index (χ2n) is 7.47. The number of urea groups is 1. The predicted molar refractivity (Wildman–Crippen MR) is 92.0 cm³/mol. The van der Waals surface area contributed by atoms with Gasteiger partial charge in [-0.05, 0) is 42.4 Å². The van der Waals surface area contributed by atoms with E-state index in [9.17, 15) is 22.8 Å². The van der Waals surface area contributed by atoms with Crippen LogP contribution in [-0.2, 0) is 11.3 Å². The molecule has 148 valence electrons. The summed E-state index contributed by atoms with van der Waals surface area (Å²) in [6.45, 7) is 2.55. The van der Waals surface area contributed by atoms with Crippen molar-refractivity contribution in [3.05, 3.63) is 29.8 Å². The Labute approximate surface area is 155 Å². The largest absolute Gasteiger partial charge is 0.484 e. The molecule has 3 amide bonds. The van der Waals surface area contributed by atoms with Crippen molar-refractivity contribution in [2.75, 3.05) is 6.61 Å². The van der Waals surface area contributed by atoms with E-state index in [1.807, 2.05) is 13.8 Å². The van der Waals surface area contributed by atoms with Crippen molar-refractivity contribution in [3.63, 3.8) is 0 Å². The third kappa shape index (κ3) is 3.75. The molecule has 0 aromatic heterocycles. The average molecular weight is 384 g/mol. The number of benzene rings is 1. The van der Waals surface area contributed by atoms with E-state index < -0.39 is 24.4 Å². The minimum atomic E-state index is -4.43. The summed E-state index contributed by atoms with van der Waals surface area (Å²) >= 11 is 0. The molecule has 1 aliphatic heterocycles. The zero-order chi connectivity index (χ0) is 19.8. The molecule has 1 saturated carbocycles. The van der Waals surface area contributed by atoms with Crippen LogP contribution < -0.4 is 10.1 Å². The van der Waals surface area contributed by atoms with Gasteiger partial charge in [-0.1, -0.05) is 32.4 Å². The quantitative estimate of drug-likeness (QED) is 0.802. The lowest BCUT2D eigenvalue weighted by Crippen LogP contribution is -2.58. The number of carbonyl (C=O) groups excluding carboxylic acids is 2. The third-order valence-corrected chi connectivity index (χ3v) is 5.63. The van der Waals surface area contributed by atoms with Gasteiger partial charge >= 0.3 is 12.2 Å². The number of imide groups is 1. The molecule has 0 radical (unpaired) electrons. The minimum Gasteiger partial charge on any atom is -0.484 e. The molecular formula is C19H23F3N2O3. The van der Waals surface area contributed by atoms with Crippen LogP contribution in [0.5, 0.6) is 5.75 Å². The van der Waals surface area contributed by atoms with Gasteiger partial charge in [-0.2, -0.15) is 13.2 Å². The second kappa shape index (κ2) is 7.05. The first-order chi connectivity index (χ1) is 12.6. The number of alkyl halides is 3. The van der Waals surface area contributed by atoms with Gasteiger partial charge in [0.05, 0.1) is 6.54 Å². The fraction of sp³-hybridized carbons (Fsp3) is 0.579. The highest BCUT2D eigenvalue weighted by Gasteiger charge is 2.58. The Morgan fingerprint density at radius 1 is 1.22 bits per heavy atom. The van der Waals surface area contributed by atoms with Gasteiger partial charge in [-0.25, -0.2) is 4.79 Å². The van der Waals surface area contributed by atoms with E-state index in [0.29, 0.717) is 5.56 Å². The summed E-state index contributed by atoms with van der Waals surface area (Å²) in [5.74, 6) is -0.145. The summed E-state index contributed by atoms with van der Waals surface area (Å²) < 4.78 is 41.7. The first kappa shape index (κ1) is 19.5. The van der Waals surface area contributed by atoms with Crippen LogP contribution in [0.1, 0.15) is 38.7 Å². The van der Waals surface area contributed by atoms with Gasteiger partial charge in [-0.3, -0.25) is 9.69 Å². The van der Waals surface area contributed by atoms with Crippen molar-refractivity contribution in [1.29, 1.82) is 0 Å². The van der Waals surface area contributed by atoms with Crippen LogP contribution in [-0.4, -0.2) is 35.2 Å². The molecule has 3 rings (SSSR count). The number of nitrogens with one attached hydrogen (secondary N) is 1. The third-order valence-electron chi connectivity index (χ3n) is 5.63. The molecule has 1 aromatic carbocycles.